The molecule has 0 bridgehead atoms. The maximum Gasteiger partial charge on any atom is 0.184 e. The molecule has 2 aliphatic carbocycles. The van der Waals surface area contributed by atoms with E-state index in [0.717, 1.165) is 0 Å². The van der Waals surface area contributed by atoms with Crippen LogP contribution in [0.4, 0.5) is 0 Å². The van der Waals surface area contributed by atoms with Crippen LogP contribution in [0.5, 0.6) is 0 Å². The molecule has 0 spiro atoms. The van der Waals surface area contributed by atoms with Crippen LogP contribution < -0.4 is 0 Å². The monoisotopic (exact) mass is 260 g/mol. The van der Waals surface area contributed by atoms with Gasteiger partial charge in [0.2, 0.25) is 0 Å². The second-order valence-corrected chi connectivity index (χ2v) is 11.6. The molecule has 2 unspecified atom stereocenters. The van der Waals surface area contributed by atoms with Gasteiger partial charge in [0.05, 0.1) is 5.60 Å². The number of hydrogen-bond acceptors (Lipinski definition) is 1. The summed E-state index contributed by atoms with van der Waals surface area (Å²) in [6, 6.07) is 11.0. The summed E-state index contributed by atoms with van der Waals surface area (Å²) in [5, 5.41) is 0. The fraction of sp³-hybridized carbons (Fsp3) is 0.625. The molecule has 0 amide bonds. The molecule has 1 aromatic carbocycles. The van der Waals surface area contributed by atoms with Gasteiger partial charge in [0, 0.05) is 5.41 Å². The maximum absolute atomic E-state index is 6.57. The lowest BCUT2D eigenvalue weighted by atomic mass is 9.93. The van der Waals surface area contributed by atoms with E-state index in [4.69, 9.17) is 4.43 Å². The van der Waals surface area contributed by atoms with Crippen molar-refractivity contribution in [2.75, 3.05) is 0 Å². The molecular weight excluding hydrogens is 236 g/mol. The lowest BCUT2D eigenvalue weighted by molar-refractivity contribution is 0.137. The topological polar surface area (TPSA) is 9.23 Å². The Hall–Kier alpha value is -0.603. The third-order valence-electron chi connectivity index (χ3n) is 4.59. The summed E-state index contributed by atoms with van der Waals surface area (Å²) in [6.45, 7) is 6.98. The number of benzene rings is 1. The lowest BCUT2D eigenvalue weighted by Gasteiger charge is -2.28. The molecule has 0 radical (unpaired) electrons. The molecule has 0 saturated heterocycles. The summed E-state index contributed by atoms with van der Waals surface area (Å²) in [4.78, 5) is 0. The summed E-state index contributed by atoms with van der Waals surface area (Å²) in [5.41, 5.74) is 2.22. The third kappa shape index (κ3) is 2.06. The molecular formula is C16H24OSi. The molecule has 1 nitrogen and oxygen atoms in total. The van der Waals surface area contributed by atoms with Crippen LogP contribution in [0, 0.1) is 5.41 Å². The van der Waals surface area contributed by atoms with Gasteiger partial charge in [-0.15, -0.1) is 0 Å². The minimum absolute atomic E-state index is 0.257. The van der Waals surface area contributed by atoms with Crippen LogP contribution in [-0.4, -0.2) is 13.9 Å². The van der Waals surface area contributed by atoms with Gasteiger partial charge in [-0.25, -0.2) is 0 Å². The summed E-state index contributed by atoms with van der Waals surface area (Å²) in [6.07, 6.45) is 6.55. The minimum atomic E-state index is -1.42. The first-order valence-corrected chi connectivity index (χ1v) is 10.6. The van der Waals surface area contributed by atoms with Gasteiger partial charge in [-0.05, 0) is 57.3 Å². The van der Waals surface area contributed by atoms with Crippen molar-refractivity contribution < 1.29 is 4.43 Å². The van der Waals surface area contributed by atoms with Crippen molar-refractivity contribution in [1.82, 2.24) is 0 Å². The molecule has 0 aliphatic heterocycles. The first kappa shape index (κ1) is 12.4. The van der Waals surface area contributed by atoms with Gasteiger partial charge < -0.3 is 4.43 Å². The Labute approximate surface area is 112 Å². The van der Waals surface area contributed by atoms with Crippen molar-refractivity contribution in [2.24, 2.45) is 5.41 Å². The zero-order chi connectivity index (χ0) is 12.9. The van der Waals surface area contributed by atoms with E-state index < -0.39 is 8.32 Å². The normalized spacial score (nSPS) is 34.4. The van der Waals surface area contributed by atoms with Crippen LogP contribution in [-0.2, 0) is 10.8 Å². The fourth-order valence-electron chi connectivity index (χ4n) is 3.96. The SMILES string of the molecule is C[Si](C)(C)OC12CCCC1(Cc1ccccc1)C2. The molecule has 2 fully saturated rings. The highest BCUT2D eigenvalue weighted by Gasteiger charge is 2.70. The van der Waals surface area contributed by atoms with Crippen molar-refractivity contribution >= 4 is 8.32 Å². The van der Waals surface area contributed by atoms with E-state index in [-0.39, 0.29) is 5.60 Å². The zero-order valence-electron chi connectivity index (χ0n) is 11.8. The van der Waals surface area contributed by atoms with E-state index in [1.165, 1.54) is 37.7 Å². The van der Waals surface area contributed by atoms with Crippen LogP contribution in [0.2, 0.25) is 19.6 Å². The molecule has 1 aromatic rings. The Balaban J connectivity index is 1.77. The molecule has 2 atom stereocenters. The van der Waals surface area contributed by atoms with Gasteiger partial charge in [-0.2, -0.15) is 0 Å². The van der Waals surface area contributed by atoms with Crippen LogP contribution in [0.15, 0.2) is 30.3 Å². The zero-order valence-corrected chi connectivity index (χ0v) is 12.8. The molecule has 0 heterocycles. The smallest absolute Gasteiger partial charge is 0.184 e. The number of fused-ring (bicyclic) bond motifs is 1. The summed E-state index contributed by atoms with van der Waals surface area (Å²) >= 11 is 0. The predicted molar refractivity (Wildman–Crippen MR) is 78.2 cm³/mol. The van der Waals surface area contributed by atoms with Crippen molar-refractivity contribution in [3.63, 3.8) is 0 Å². The maximum atomic E-state index is 6.57. The Morgan fingerprint density at radius 1 is 1.11 bits per heavy atom. The highest BCUT2D eigenvalue weighted by molar-refractivity contribution is 6.69. The molecule has 2 heteroatoms. The van der Waals surface area contributed by atoms with E-state index in [1.807, 2.05) is 0 Å². The first-order valence-electron chi connectivity index (χ1n) is 7.19. The van der Waals surface area contributed by atoms with Crippen LogP contribution in [0.25, 0.3) is 0 Å². The summed E-state index contributed by atoms with van der Waals surface area (Å²) < 4.78 is 6.57. The van der Waals surface area contributed by atoms with Crippen LogP contribution >= 0.6 is 0 Å². The Bertz CT molecular complexity index is 436. The Morgan fingerprint density at radius 2 is 1.83 bits per heavy atom. The standard InChI is InChI=1S/C16H24OSi/c1-18(2,3)17-16-11-7-10-15(16,13-16)12-14-8-5-4-6-9-14/h4-6,8-9H,7,10-13H2,1-3H3. The minimum Gasteiger partial charge on any atom is -0.412 e. The van der Waals surface area contributed by atoms with Crippen LogP contribution in [0.3, 0.4) is 0 Å². The van der Waals surface area contributed by atoms with Gasteiger partial charge >= 0.3 is 0 Å². The average Bonchev–Trinajstić information content (AvgIpc) is 2.71. The van der Waals surface area contributed by atoms with Crippen LogP contribution in [0.1, 0.15) is 31.2 Å². The second-order valence-electron chi connectivity index (χ2n) is 7.18. The van der Waals surface area contributed by atoms with Crippen molar-refractivity contribution in [1.29, 1.82) is 0 Å². The van der Waals surface area contributed by atoms with Crippen molar-refractivity contribution in [3.05, 3.63) is 35.9 Å². The highest BCUT2D eigenvalue weighted by Crippen LogP contribution is 2.70. The van der Waals surface area contributed by atoms with Gasteiger partial charge in [-0.1, -0.05) is 30.3 Å². The molecule has 0 aromatic heterocycles. The lowest BCUT2D eigenvalue weighted by Crippen LogP contribution is -2.35. The van der Waals surface area contributed by atoms with E-state index in [1.54, 1.807) is 0 Å². The first-order chi connectivity index (χ1) is 8.45. The van der Waals surface area contributed by atoms with E-state index >= 15 is 0 Å². The quantitative estimate of drug-likeness (QED) is 0.729. The van der Waals surface area contributed by atoms with E-state index in [9.17, 15) is 0 Å². The predicted octanol–water partition coefficient (Wildman–Crippen LogP) is 4.39. The van der Waals surface area contributed by atoms with Gasteiger partial charge in [0.25, 0.3) is 0 Å². The van der Waals surface area contributed by atoms with Crippen molar-refractivity contribution in [3.8, 4) is 0 Å². The second kappa shape index (κ2) is 3.94. The molecule has 0 N–H and O–H groups in total. The van der Waals surface area contributed by atoms with Gasteiger partial charge in [0.1, 0.15) is 0 Å². The largest absolute Gasteiger partial charge is 0.412 e. The molecule has 18 heavy (non-hydrogen) atoms. The van der Waals surface area contributed by atoms with Gasteiger partial charge in [-0.3, -0.25) is 0 Å². The molecule has 2 saturated carbocycles. The summed E-state index contributed by atoms with van der Waals surface area (Å²) in [5.74, 6) is 0. The molecule has 3 rings (SSSR count). The Kier molecular flexibility index (Phi) is 2.72. The average molecular weight is 260 g/mol. The van der Waals surface area contributed by atoms with E-state index in [2.05, 4.69) is 50.0 Å². The van der Waals surface area contributed by atoms with Gasteiger partial charge in [0.15, 0.2) is 8.32 Å². The number of hydrogen-bond donors (Lipinski definition) is 0. The van der Waals surface area contributed by atoms with Crippen molar-refractivity contribution in [2.45, 2.75) is 57.3 Å². The van der Waals surface area contributed by atoms with E-state index in [0.29, 0.717) is 5.41 Å². The molecule has 2 aliphatic rings. The number of rotatable bonds is 4. The third-order valence-corrected chi connectivity index (χ3v) is 5.59. The fourth-order valence-corrected chi connectivity index (χ4v) is 5.53. The Morgan fingerprint density at radius 3 is 2.50 bits per heavy atom. The highest BCUT2D eigenvalue weighted by atomic mass is 28.4. The summed E-state index contributed by atoms with van der Waals surface area (Å²) in [7, 11) is -1.42. The molecule has 98 valence electrons.